The van der Waals surface area contributed by atoms with E-state index in [-0.39, 0.29) is 0 Å². The zero-order valence-electron chi connectivity index (χ0n) is 45.8. The van der Waals surface area contributed by atoms with Crippen molar-refractivity contribution in [2.45, 2.75) is 0 Å². The molecule has 0 fully saturated rings. The van der Waals surface area contributed by atoms with Crippen LogP contribution in [0.5, 0.6) is 0 Å². The van der Waals surface area contributed by atoms with Gasteiger partial charge in [-0.05, 0) is 118 Å². The minimum atomic E-state index is 1.03. The smallest absolute Gasteiger partial charge is 0.145 e. The maximum atomic E-state index is 4.71. The van der Waals surface area contributed by atoms with Crippen LogP contribution in [0, 0.1) is 0 Å². The van der Waals surface area contributed by atoms with Gasteiger partial charge in [0.1, 0.15) is 28.2 Å². The molecule has 10 nitrogen and oxygen atoms in total. The van der Waals surface area contributed by atoms with Gasteiger partial charge in [0.2, 0.25) is 0 Å². The first-order chi connectivity index (χ1) is 42.2. The van der Waals surface area contributed by atoms with Gasteiger partial charge in [0.05, 0.1) is 55.2 Å². The third-order valence-corrected chi connectivity index (χ3v) is 16.0. The number of imidazole rings is 5. The van der Waals surface area contributed by atoms with E-state index in [2.05, 4.69) is 265 Å². The Balaban J connectivity index is 0.0000000865. The Labute approximate surface area is 485 Å². The van der Waals surface area contributed by atoms with Crippen LogP contribution in [0.1, 0.15) is 0 Å². The molecule has 0 spiro atoms. The van der Waals surface area contributed by atoms with Crippen LogP contribution < -0.4 is 0 Å². The Morgan fingerprint density at radius 3 is 0.529 bits per heavy atom. The van der Waals surface area contributed by atoms with Crippen molar-refractivity contribution in [3.8, 4) is 0 Å². The lowest BCUT2D eigenvalue weighted by molar-refractivity contribution is 1.25. The molecule has 10 heteroatoms. The van der Waals surface area contributed by atoms with Crippen molar-refractivity contribution < 1.29 is 0 Å². The van der Waals surface area contributed by atoms with Gasteiger partial charge in [0.15, 0.2) is 0 Å². The van der Waals surface area contributed by atoms with E-state index in [0.717, 1.165) is 83.4 Å². The number of aromatic nitrogens is 10. The number of rotatable bonds is 0. The van der Waals surface area contributed by atoms with E-state index in [9.17, 15) is 0 Å². The first kappa shape index (κ1) is 49.1. The lowest BCUT2D eigenvalue weighted by Gasteiger charge is -2.00. The summed E-state index contributed by atoms with van der Waals surface area (Å²) >= 11 is 0. The molecule has 400 valence electrons. The quantitative estimate of drug-likeness (QED) is 0.151. The molecular formula is C75H50N10. The molecule has 0 unspecified atom stereocenters. The predicted molar refractivity (Wildman–Crippen MR) is 351 cm³/mol. The Morgan fingerprint density at radius 1 is 0.165 bits per heavy atom. The molecular weight excluding hydrogens is 1040 g/mol. The highest BCUT2D eigenvalue weighted by molar-refractivity contribution is 6.02. The number of hydrogen-bond donors (Lipinski definition) is 0. The summed E-state index contributed by atoms with van der Waals surface area (Å²) in [6.07, 6.45) is 10.5. The lowest BCUT2D eigenvalue weighted by atomic mass is 10.2. The molecule has 0 radical (unpaired) electrons. The van der Waals surface area contributed by atoms with E-state index in [4.69, 9.17) is 24.9 Å². The Kier molecular flexibility index (Phi) is 11.9. The molecule has 20 aromatic rings. The minimum absolute atomic E-state index is 1.03. The summed E-state index contributed by atoms with van der Waals surface area (Å²) in [6.45, 7) is 0. The number of hydrogen-bond acceptors (Lipinski definition) is 5. The van der Waals surface area contributed by atoms with Gasteiger partial charge in [-0.15, -0.1) is 0 Å². The molecule has 0 N–H and O–H groups in total. The fourth-order valence-electron chi connectivity index (χ4n) is 11.9. The molecule has 20 rings (SSSR count). The Morgan fingerprint density at radius 2 is 0.329 bits per heavy atom. The third kappa shape index (κ3) is 8.63. The molecule has 10 aromatic carbocycles. The van der Waals surface area contributed by atoms with Crippen LogP contribution in [0.4, 0.5) is 0 Å². The fourth-order valence-corrected chi connectivity index (χ4v) is 11.9. The van der Waals surface area contributed by atoms with Crippen molar-refractivity contribution in [3.63, 3.8) is 0 Å². The van der Waals surface area contributed by atoms with Gasteiger partial charge in [-0.25, -0.2) is 24.9 Å². The van der Waals surface area contributed by atoms with Gasteiger partial charge < -0.3 is 0 Å². The van der Waals surface area contributed by atoms with E-state index in [1.807, 2.05) is 60.7 Å². The van der Waals surface area contributed by atoms with Gasteiger partial charge in [0, 0.05) is 57.9 Å². The highest BCUT2D eigenvalue weighted by Gasteiger charge is 2.11. The zero-order chi connectivity index (χ0) is 56.2. The van der Waals surface area contributed by atoms with Crippen molar-refractivity contribution in [1.82, 2.24) is 46.9 Å². The molecule has 0 amide bonds. The Hall–Kier alpha value is -11.8. The second-order valence-corrected chi connectivity index (χ2v) is 21.0. The van der Waals surface area contributed by atoms with Gasteiger partial charge in [-0.1, -0.05) is 182 Å². The molecule has 0 aliphatic heterocycles. The second kappa shape index (κ2) is 20.7. The van der Waals surface area contributed by atoms with Crippen LogP contribution in [0.15, 0.2) is 304 Å². The van der Waals surface area contributed by atoms with Crippen molar-refractivity contribution in [1.29, 1.82) is 0 Å². The number of nitrogens with zero attached hydrogens (tertiary/aromatic N) is 10. The molecule has 0 saturated heterocycles. The SMILES string of the molecule is c1ccc2c(c1)ccn1c3ccccc3nc21.c1ccc2c(c1)ccn1c3ccccc3nc21.c1ccc2c(c1)ccn1c3ccccc3nc21.c1ccc2c(c1)ccn1c3ccccc3nc21.c1ccc2c(c1)ccn1c3ccccc3nc21. The van der Waals surface area contributed by atoms with Crippen LogP contribution >= 0.6 is 0 Å². The summed E-state index contributed by atoms with van der Waals surface area (Å²) in [5.74, 6) is 0. The van der Waals surface area contributed by atoms with E-state index in [1.54, 1.807) is 0 Å². The minimum Gasteiger partial charge on any atom is -0.299 e. The van der Waals surface area contributed by atoms with Gasteiger partial charge >= 0.3 is 0 Å². The highest BCUT2D eigenvalue weighted by Crippen LogP contribution is 2.29. The highest BCUT2D eigenvalue weighted by atomic mass is 15.0. The van der Waals surface area contributed by atoms with Crippen molar-refractivity contribution in [2.24, 2.45) is 0 Å². The number of pyridine rings is 5. The molecule has 0 bridgehead atoms. The van der Waals surface area contributed by atoms with Crippen LogP contribution in [-0.4, -0.2) is 46.9 Å². The largest absolute Gasteiger partial charge is 0.299 e. The molecule has 85 heavy (non-hydrogen) atoms. The molecule has 10 aromatic heterocycles. The first-order valence-electron chi connectivity index (χ1n) is 28.4. The fraction of sp³-hybridized carbons (Fsp3) is 0. The third-order valence-electron chi connectivity index (χ3n) is 16.0. The van der Waals surface area contributed by atoms with E-state index >= 15 is 0 Å². The van der Waals surface area contributed by atoms with Crippen LogP contribution in [0.3, 0.4) is 0 Å². The molecule has 0 aliphatic rings. The summed E-state index contributed by atoms with van der Waals surface area (Å²) in [5.41, 5.74) is 16.2. The number of fused-ring (bicyclic) bond motifs is 25. The predicted octanol–water partition coefficient (Wildman–Crippen LogP) is 18.2. The van der Waals surface area contributed by atoms with Crippen molar-refractivity contribution in [2.75, 3.05) is 0 Å². The van der Waals surface area contributed by atoms with Crippen LogP contribution in [0.2, 0.25) is 0 Å². The average Bonchev–Trinajstić information content (AvgIpc) is 3.53. The van der Waals surface area contributed by atoms with E-state index in [0.29, 0.717) is 0 Å². The monoisotopic (exact) mass is 1090 g/mol. The Bertz CT molecular complexity index is 5060. The summed E-state index contributed by atoms with van der Waals surface area (Å²) in [4.78, 5) is 23.5. The van der Waals surface area contributed by atoms with Crippen molar-refractivity contribution in [3.05, 3.63) is 304 Å². The summed E-state index contributed by atoms with van der Waals surface area (Å²) in [6, 6.07) is 93.6. The van der Waals surface area contributed by atoms with Crippen LogP contribution in [-0.2, 0) is 0 Å². The standard InChI is InChI=1S/5C15H10N2/c5*1-2-6-12-11(5-1)9-10-17-14-8-4-3-7-13(14)16-15(12)17/h5*1-10H. The maximum absolute atomic E-state index is 4.71. The number of para-hydroxylation sites is 10. The average molecular weight is 1090 g/mol. The van der Waals surface area contributed by atoms with E-state index in [1.165, 1.54) is 53.9 Å². The number of benzene rings is 10. The molecule has 10 heterocycles. The topological polar surface area (TPSA) is 86.5 Å². The second-order valence-electron chi connectivity index (χ2n) is 21.0. The van der Waals surface area contributed by atoms with Gasteiger partial charge in [-0.3, -0.25) is 22.0 Å². The summed E-state index contributed by atoms with van der Waals surface area (Å²) < 4.78 is 10.8. The first-order valence-corrected chi connectivity index (χ1v) is 28.4. The summed E-state index contributed by atoms with van der Waals surface area (Å²) in [7, 11) is 0. The van der Waals surface area contributed by atoms with Crippen LogP contribution in [0.25, 0.3) is 137 Å². The van der Waals surface area contributed by atoms with Gasteiger partial charge in [0.25, 0.3) is 0 Å². The van der Waals surface area contributed by atoms with E-state index < -0.39 is 0 Å². The molecule has 0 atom stereocenters. The summed E-state index contributed by atoms with van der Waals surface area (Å²) in [5, 5.41) is 12.2. The zero-order valence-corrected chi connectivity index (χ0v) is 45.8. The van der Waals surface area contributed by atoms with Gasteiger partial charge in [-0.2, -0.15) is 0 Å². The van der Waals surface area contributed by atoms with Crippen molar-refractivity contribution >= 4 is 137 Å². The maximum Gasteiger partial charge on any atom is 0.145 e. The molecule has 0 aliphatic carbocycles. The lowest BCUT2D eigenvalue weighted by Crippen LogP contribution is -1.84. The normalized spacial score (nSPS) is 11.5. The molecule has 0 saturated carbocycles.